The molecule has 0 spiro atoms. The van der Waals surface area contributed by atoms with E-state index in [1.165, 1.54) is 5.69 Å². The van der Waals surface area contributed by atoms with Gasteiger partial charge in [-0.25, -0.2) is 0 Å². The van der Waals surface area contributed by atoms with Gasteiger partial charge in [0.05, 0.1) is 17.4 Å². The molecule has 23 heavy (non-hydrogen) atoms. The van der Waals surface area contributed by atoms with Gasteiger partial charge in [-0.3, -0.25) is 14.6 Å². The molecule has 0 saturated heterocycles. The maximum absolute atomic E-state index is 4.57. The highest BCUT2D eigenvalue weighted by atomic mass is 15.4. The molecule has 2 aromatic rings. The van der Waals surface area contributed by atoms with E-state index in [1.807, 2.05) is 18.5 Å². The highest BCUT2D eigenvalue weighted by Gasteiger charge is 2.25. The summed E-state index contributed by atoms with van der Waals surface area (Å²) in [4.78, 5) is 9.45. The molecule has 0 amide bonds. The average Bonchev–Trinajstić information content (AvgIpc) is 3.05. The maximum atomic E-state index is 4.57. The topological polar surface area (TPSA) is 37.2 Å². The van der Waals surface area contributed by atoms with Crippen LogP contribution in [0.3, 0.4) is 0 Å². The van der Waals surface area contributed by atoms with Crippen LogP contribution < -0.4 is 0 Å². The van der Waals surface area contributed by atoms with E-state index in [0.717, 1.165) is 51.4 Å². The van der Waals surface area contributed by atoms with Crippen molar-refractivity contribution in [2.75, 3.05) is 26.2 Å². The van der Waals surface area contributed by atoms with Gasteiger partial charge < -0.3 is 4.90 Å². The maximum Gasteiger partial charge on any atom is 0.0662 e. The Morgan fingerprint density at radius 1 is 1.17 bits per heavy atom. The summed E-state index contributed by atoms with van der Waals surface area (Å²) in [6.07, 6.45) is 4.96. The van der Waals surface area contributed by atoms with Crippen LogP contribution in [0.1, 0.15) is 37.7 Å². The summed E-state index contributed by atoms with van der Waals surface area (Å²) in [7, 11) is 0. The Hall–Kier alpha value is -1.72. The number of rotatable bonds is 7. The van der Waals surface area contributed by atoms with Crippen LogP contribution in [0, 0.1) is 0 Å². The smallest absolute Gasteiger partial charge is 0.0662 e. The molecule has 1 aliphatic heterocycles. The summed E-state index contributed by atoms with van der Waals surface area (Å²) in [5.74, 6) is 0. The lowest BCUT2D eigenvalue weighted by Gasteiger charge is -2.34. The molecule has 0 unspecified atom stereocenters. The first kappa shape index (κ1) is 16.1. The van der Waals surface area contributed by atoms with Gasteiger partial charge in [-0.2, -0.15) is 5.10 Å². The zero-order chi connectivity index (χ0) is 16.1. The molecular formula is C18H27N5. The van der Waals surface area contributed by atoms with Crippen molar-refractivity contribution in [1.29, 1.82) is 0 Å². The van der Waals surface area contributed by atoms with E-state index in [2.05, 4.69) is 56.6 Å². The predicted octanol–water partition coefficient (Wildman–Crippen LogP) is 2.57. The van der Waals surface area contributed by atoms with Gasteiger partial charge in [-0.15, -0.1) is 0 Å². The van der Waals surface area contributed by atoms with Gasteiger partial charge in [-0.1, -0.05) is 19.9 Å². The molecule has 3 rings (SSSR count). The average molecular weight is 313 g/mol. The van der Waals surface area contributed by atoms with Gasteiger partial charge in [0.25, 0.3) is 0 Å². The Kier molecular flexibility index (Phi) is 5.41. The third-order valence-corrected chi connectivity index (χ3v) is 4.74. The monoisotopic (exact) mass is 313 g/mol. The molecule has 3 heterocycles. The first-order valence-electron chi connectivity index (χ1n) is 8.67. The minimum absolute atomic E-state index is 0.457. The van der Waals surface area contributed by atoms with Crippen molar-refractivity contribution in [3.8, 4) is 0 Å². The molecule has 0 radical (unpaired) electrons. The Bertz CT molecular complexity index is 590. The Morgan fingerprint density at radius 2 is 2.04 bits per heavy atom. The van der Waals surface area contributed by atoms with Gasteiger partial charge in [0.15, 0.2) is 0 Å². The summed E-state index contributed by atoms with van der Waals surface area (Å²) >= 11 is 0. The SMILES string of the molecule is CCN(CC)CC[C@@H]1CN(Cc2ccccn2)Cc2ccnn21. The van der Waals surface area contributed by atoms with Crippen LogP contribution >= 0.6 is 0 Å². The van der Waals surface area contributed by atoms with Crippen molar-refractivity contribution in [2.24, 2.45) is 0 Å². The first-order valence-corrected chi connectivity index (χ1v) is 8.67. The molecule has 2 aromatic heterocycles. The number of aromatic nitrogens is 3. The van der Waals surface area contributed by atoms with Crippen molar-refractivity contribution >= 4 is 0 Å². The minimum Gasteiger partial charge on any atom is -0.304 e. The van der Waals surface area contributed by atoms with E-state index in [-0.39, 0.29) is 0 Å². The van der Waals surface area contributed by atoms with E-state index < -0.39 is 0 Å². The first-order chi connectivity index (χ1) is 11.3. The summed E-state index contributed by atoms with van der Waals surface area (Å²) in [6.45, 7) is 10.8. The van der Waals surface area contributed by atoms with E-state index in [0.29, 0.717) is 6.04 Å². The molecule has 5 heteroatoms. The fourth-order valence-corrected chi connectivity index (χ4v) is 3.39. The van der Waals surface area contributed by atoms with Crippen molar-refractivity contribution in [1.82, 2.24) is 24.6 Å². The Morgan fingerprint density at radius 3 is 2.78 bits per heavy atom. The van der Waals surface area contributed by atoms with E-state index in [1.54, 1.807) is 0 Å². The van der Waals surface area contributed by atoms with Crippen molar-refractivity contribution in [3.05, 3.63) is 48.0 Å². The molecule has 1 aliphatic rings. The minimum atomic E-state index is 0.457. The lowest BCUT2D eigenvalue weighted by atomic mass is 10.1. The second-order valence-electron chi connectivity index (χ2n) is 6.23. The van der Waals surface area contributed by atoms with Crippen LogP contribution in [0.15, 0.2) is 36.7 Å². The van der Waals surface area contributed by atoms with Crippen LogP contribution in [0.4, 0.5) is 0 Å². The summed E-state index contributed by atoms with van der Waals surface area (Å²) in [5, 5.41) is 4.57. The zero-order valence-electron chi connectivity index (χ0n) is 14.2. The molecular weight excluding hydrogens is 286 g/mol. The quantitative estimate of drug-likeness (QED) is 0.787. The number of nitrogens with zero attached hydrogens (tertiary/aromatic N) is 5. The fourth-order valence-electron chi connectivity index (χ4n) is 3.39. The van der Waals surface area contributed by atoms with Crippen molar-refractivity contribution in [3.63, 3.8) is 0 Å². The molecule has 0 aliphatic carbocycles. The van der Waals surface area contributed by atoms with E-state index in [9.17, 15) is 0 Å². The van der Waals surface area contributed by atoms with Gasteiger partial charge in [-0.05, 0) is 37.7 Å². The second kappa shape index (κ2) is 7.70. The third-order valence-electron chi connectivity index (χ3n) is 4.74. The molecule has 1 atom stereocenters. The molecule has 0 saturated carbocycles. The van der Waals surface area contributed by atoms with Crippen LogP contribution in [0.5, 0.6) is 0 Å². The number of fused-ring (bicyclic) bond motifs is 1. The van der Waals surface area contributed by atoms with Gasteiger partial charge in [0.2, 0.25) is 0 Å². The van der Waals surface area contributed by atoms with Crippen LogP contribution in [0.2, 0.25) is 0 Å². The van der Waals surface area contributed by atoms with Crippen LogP contribution in [0.25, 0.3) is 0 Å². The molecule has 5 nitrogen and oxygen atoms in total. The largest absolute Gasteiger partial charge is 0.304 e. The summed E-state index contributed by atoms with van der Waals surface area (Å²) < 4.78 is 2.23. The lowest BCUT2D eigenvalue weighted by Crippen LogP contribution is -2.39. The van der Waals surface area contributed by atoms with E-state index in [4.69, 9.17) is 0 Å². The standard InChI is InChI=1S/C18H27N5/c1-3-21(4-2)12-9-18-15-22(13-16-7-5-6-10-19-16)14-17-8-11-20-23(17)18/h5-8,10-11,18H,3-4,9,12-15H2,1-2H3/t18-/m1/s1. The Balaban J connectivity index is 1.67. The van der Waals surface area contributed by atoms with E-state index >= 15 is 0 Å². The fraction of sp³-hybridized carbons (Fsp3) is 0.556. The number of hydrogen-bond acceptors (Lipinski definition) is 4. The van der Waals surface area contributed by atoms with Gasteiger partial charge in [0, 0.05) is 38.6 Å². The second-order valence-corrected chi connectivity index (χ2v) is 6.23. The molecule has 124 valence electrons. The highest BCUT2D eigenvalue weighted by Crippen LogP contribution is 2.24. The van der Waals surface area contributed by atoms with Crippen molar-refractivity contribution in [2.45, 2.75) is 39.4 Å². The molecule has 0 N–H and O–H groups in total. The molecule has 0 aromatic carbocycles. The zero-order valence-corrected chi connectivity index (χ0v) is 14.2. The summed E-state index contributed by atoms with van der Waals surface area (Å²) in [6, 6.07) is 8.75. The number of pyridine rings is 1. The summed E-state index contributed by atoms with van der Waals surface area (Å²) in [5.41, 5.74) is 2.46. The molecule has 0 fully saturated rings. The predicted molar refractivity (Wildman–Crippen MR) is 92.0 cm³/mol. The van der Waals surface area contributed by atoms with Gasteiger partial charge >= 0.3 is 0 Å². The lowest BCUT2D eigenvalue weighted by molar-refractivity contribution is 0.148. The normalized spacial score (nSPS) is 18.3. The highest BCUT2D eigenvalue weighted by molar-refractivity contribution is 5.08. The third kappa shape index (κ3) is 3.98. The van der Waals surface area contributed by atoms with Crippen LogP contribution in [-0.2, 0) is 13.1 Å². The number of hydrogen-bond donors (Lipinski definition) is 0. The van der Waals surface area contributed by atoms with Crippen molar-refractivity contribution < 1.29 is 0 Å². The van der Waals surface area contributed by atoms with Crippen LogP contribution in [-0.4, -0.2) is 50.7 Å². The van der Waals surface area contributed by atoms with Gasteiger partial charge in [0.1, 0.15) is 0 Å². The molecule has 0 bridgehead atoms. The Labute approximate surface area is 138 Å².